The molecule has 1 aliphatic heterocycles. The summed E-state index contributed by atoms with van der Waals surface area (Å²) in [5, 5.41) is 7.13. The first kappa shape index (κ1) is 16.9. The fourth-order valence-corrected chi connectivity index (χ4v) is 2.94. The summed E-state index contributed by atoms with van der Waals surface area (Å²) in [6, 6.07) is 15.0. The van der Waals surface area contributed by atoms with Gasteiger partial charge in [-0.3, -0.25) is 4.79 Å². The first-order chi connectivity index (χ1) is 13.2. The highest BCUT2D eigenvalue weighted by Gasteiger charge is 2.20. The monoisotopic (exact) mass is 361 g/mol. The first-order valence-electron chi connectivity index (χ1n) is 8.75. The minimum Gasteiger partial charge on any atom is -0.490 e. The van der Waals surface area contributed by atoms with E-state index in [9.17, 15) is 4.79 Å². The number of amides is 1. The molecule has 0 saturated carbocycles. The number of nitrogens with zero attached hydrogens (tertiary/aromatic N) is 2. The normalized spacial score (nSPS) is 12.6. The van der Waals surface area contributed by atoms with Crippen molar-refractivity contribution in [3.63, 3.8) is 0 Å². The van der Waals surface area contributed by atoms with Gasteiger partial charge < -0.3 is 14.8 Å². The quantitative estimate of drug-likeness (QED) is 0.753. The van der Waals surface area contributed by atoms with Gasteiger partial charge in [0, 0.05) is 23.6 Å². The van der Waals surface area contributed by atoms with Gasteiger partial charge in [0.15, 0.2) is 11.5 Å². The SMILES string of the molecule is CCOc1cccc2c1OCC(C(=O)Nc1cccc(-n3cccn3)c1)=C2. The molecule has 1 amide bonds. The molecule has 0 atom stereocenters. The molecule has 1 N–H and O–H groups in total. The van der Waals surface area contributed by atoms with Gasteiger partial charge in [-0.2, -0.15) is 5.10 Å². The van der Waals surface area contributed by atoms with Crippen molar-refractivity contribution in [2.24, 2.45) is 0 Å². The maximum Gasteiger partial charge on any atom is 0.255 e. The van der Waals surface area contributed by atoms with Crippen LogP contribution in [0.1, 0.15) is 12.5 Å². The topological polar surface area (TPSA) is 65.4 Å². The van der Waals surface area contributed by atoms with Crippen molar-refractivity contribution >= 4 is 17.7 Å². The van der Waals surface area contributed by atoms with Crippen LogP contribution in [-0.2, 0) is 4.79 Å². The Hall–Kier alpha value is -3.54. The Labute approximate surface area is 157 Å². The molecule has 6 heteroatoms. The van der Waals surface area contributed by atoms with Crippen LogP contribution in [0.15, 0.2) is 66.5 Å². The maximum atomic E-state index is 12.7. The lowest BCUT2D eigenvalue weighted by molar-refractivity contribution is -0.113. The lowest BCUT2D eigenvalue weighted by atomic mass is 10.1. The van der Waals surface area contributed by atoms with E-state index in [0.29, 0.717) is 29.4 Å². The van der Waals surface area contributed by atoms with Crippen molar-refractivity contribution in [3.05, 3.63) is 72.1 Å². The van der Waals surface area contributed by atoms with E-state index < -0.39 is 0 Å². The molecule has 4 rings (SSSR count). The maximum absolute atomic E-state index is 12.7. The van der Waals surface area contributed by atoms with Gasteiger partial charge in [-0.1, -0.05) is 18.2 Å². The lowest BCUT2D eigenvalue weighted by Crippen LogP contribution is -2.21. The van der Waals surface area contributed by atoms with Crippen LogP contribution in [-0.4, -0.2) is 28.9 Å². The summed E-state index contributed by atoms with van der Waals surface area (Å²) >= 11 is 0. The second-order valence-electron chi connectivity index (χ2n) is 6.02. The van der Waals surface area contributed by atoms with Crippen LogP contribution in [0, 0.1) is 0 Å². The Morgan fingerprint density at radius 1 is 1.26 bits per heavy atom. The second-order valence-corrected chi connectivity index (χ2v) is 6.02. The smallest absolute Gasteiger partial charge is 0.255 e. The van der Waals surface area contributed by atoms with Gasteiger partial charge in [-0.15, -0.1) is 0 Å². The van der Waals surface area contributed by atoms with Gasteiger partial charge in [-0.25, -0.2) is 4.68 Å². The lowest BCUT2D eigenvalue weighted by Gasteiger charge is -2.20. The molecule has 0 bridgehead atoms. The molecular weight excluding hydrogens is 342 g/mol. The molecule has 0 aliphatic carbocycles. The zero-order valence-electron chi connectivity index (χ0n) is 14.9. The Kier molecular flexibility index (Phi) is 4.61. The number of hydrogen-bond donors (Lipinski definition) is 1. The largest absolute Gasteiger partial charge is 0.490 e. The van der Waals surface area contributed by atoms with Crippen molar-refractivity contribution in [2.75, 3.05) is 18.5 Å². The van der Waals surface area contributed by atoms with Gasteiger partial charge in [0.1, 0.15) is 6.61 Å². The standard InChI is InChI=1S/C21H19N3O3/c1-2-26-19-9-3-6-15-12-16(14-27-20(15)19)21(25)23-17-7-4-8-18(13-17)24-11-5-10-22-24/h3-13H,2,14H2,1H3,(H,23,25). The van der Waals surface area contributed by atoms with Gasteiger partial charge in [0.2, 0.25) is 0 Å². The van der Waals surface area contributed by atoms with Crippen LogP contribution in [0.5, 0.6) is 11.5 Å². The van der Waals surface area contributed by atoms with E-state index in [1.165, 1.54) is 0 Å². The minimum atomic E-state index is -0.194. The summed E-state index contributed by atoms with van der Waals surface area (Å²) in [7, 11) is 0. The number of carbonyl (C=O) groups is 1. The predicted octanol–water partition coefficient (Wildman–Crippen LogP) is 3.69. The number of hydrogen-bond acceptors (Lipinski definition) is 4. The van der Waals surface area contributed by atoms with Crippen LogP contribution in [0.25, 0.3) is 11.8 Å². The van der Waals surface area contributed by atoms with Crippen molar-refractivity contribution in [1.29, 1.82) is 0 Å². The third kappa shape index (κ3) is 3.55. The van der Waals surface area contributed by atoms with Crippen LogP contribution < -0.4 is 14.8 Å². The fourth-order valence-electron chi connectivity index (χ4n) is 2.94. The molecule has 1 aliphatic rings. The molecule has 3 aromatic rings. The second kappa shape index (κ2) is 7.37. The Bertz CT molecular complexity index is 994. The zero-order valence-corrected chi connectivity index (χ0v) is 14.9. The molecule has 0 unspecified atom stereocenters. The molecular formula is C21H19N3O3. The highest BCUT2D eigenvalue weighted by atomic mass is 16.5. The molecule has 0 fully saturated rings. The summed E-state index contributed by atoms with van der Waals surface area (Å²) in [5.41, 5.74) is 2.96. The molecule has 0 saturated heterocycles. The molecule has 6 nitrogen and oxygen atoms in total. The van der Waals surface area contributed by atoms with E-state index in [1.807, 2.05) is 67.7 Å². The van der Waals surface area contributed by atoms with Crippen molar-refractivity contribution < 1.29 is 14.3 Å². The number of carbonyl (C=O) groups excluding carboxylic acids is 1. The van der Waals surface area contributed by atoms with Crippen molar-refractivity contribution in [2.45, 2.75) is 6.92 Å². The van der Waals surface area contributed by atoms with Gasteiger partial charge in [0.25, 0.3) is 5.91 Å². The van der Waals surface area contributed by atoms with Crippen LogP contribution in [0.2, 0.25) is 0 Å². The third-order valence-electron chi connectivity index (χ3n) is 4.18. The highest BCUT2D eigenvalue weighted by molar-refractivity contribution is 6.07. The number of nitrogens with one attached hydrogen (secondary N) is 1. The number of benzene rings is 2. The molecule has 27 heavy (non-hydrogen) atoms. The number of rotatable bonds is 5. The molecule has 136 valence electrons. The molecule has 2 heterocycles. The average Bonchev–Trinajstić information content (AvgIpc) is 3.23. The van der Waals surface area contributed by atoms with Crippen LogP contribution in [0.3, 0.4) is 0 Å². The predicted molar refractivity (Wildman–Crippen MR) is 103 cm³/mol. The molecule has 0 spiro atoms. The summed E-state index contributed by atoms with van der Waals surface area (Å²) in [5.74, 6) is 1.18. The summed E-state index contributed by atoms with van der Waals surface area (Å²) in [4.78, 5) is 12.7. The summed E-state index contributed by atoms with van der Waals surface area (Å²) in [6.07, 6.45) is 5.41. The van der Waals surface area contributed by atoms with E-state index in [1.54, 1.807) is 10.9 Å². The highest BCUT2D eigenvalue weighted by Crippen LogP contribution is 2.36. The van der Waals surface area contributed by atoms with E-state index in [2.05, 4.69) is 10.4 Å². The number of fused-ring (bicyclic) bond motifs is 1. The Balaban J connectivity index is 1.54. The molecule has 2 aromatic carbocycles. The number of para-hydroxylation sites is 1. The number of anilines is 1. The average molecular weight is 361 g/mol. The van der Waals surface area contributed by atoms with Crippen molar-refractivity contribution in [3.8, 4) is 17.2 Å². The molecule has 1 aromatic heterocycles. The van der Waals surface area contributed by atoms with E-state index in [0.717, 1.165) is 11.3 Å². The minimum absolute atomic E-state index is 0.194. The van der Waals surface area contributed by atoms with Gasteiger partial charge in [-0.05, 0) is 43.3 Å². The fraction of sp³-hybridized carbons (Fsp3) is 0.143. The number of ether oxygens (including phenoxy) is 2. The summed E-state index contributed by atoms with van der Waals surface area (Å²) < 4.78 is 13.1. The summed E-state index contributed by atoms with van der Waals surface area (Å²) in [6.45, 7) is 2.68. The molecule has 0 radical (unpaired) electrons. The van der Waals surface area contributed by atoms with Crippen LogP contribution in [0.4, 0.5) is 5.69 Å². The van der Waals surface area contributed by atoms with Crippen molar-refractivity contribution in [1.82, 2.24) is 9.78 Å². The Morgan fingerprint density at radius 2 is 2.15 bits per heavy atom. The Morgan fingerprint density at radius 3 is 2.96 bits per heavy atom. The number of aromatic nitrogens is 2. The van der Waals surface area contributed by atoms with Gasteiger partial charge >= 0.3 is 0 Å². The first-order valence-corrected chi connectivity index (χ1v) is 8.75. The van der Waals surface area contributed by atoms with E-state index in [-0.39, 0.29) is 12.5 Å². The van der Waals surface area contributed by atoms with E-state index >= 15 is 0 Å². The van der Waals surface area contributed by atoms with Crippen LogP contribution >= 0.6 is 0 Å². The third-order valence-corrected chi connectivity index (χ3v) is 4.18. The van der Waals surface area contributed by atoms with E-state index in [4.69, 9.17) is 9.47 Å². The van der Waals surface area contributed by atoms with Gasteiger partial charge in [0.05, 0.1) is 17.9 Å². The zero-order chi connectivity index (χ0) is 18.6.